The first-order valence-corrected chi connectivity index (χ1v) is 9.22. The second kappa shape index (κ2) is 9.03. The molecule has 0 saturated carbocycles. The van der Waals surface area contributed by atoms with Crippen LogP contribution in [0, 0.1) is 0 Å². The van der Waals surface area contributed by atoms with Crippen molar-refractivity contribution >= 4 is 44.2 Å². The zero-order valence-electron chi connectivity index (χ0n) is 15.4. The number of fused-ring (bicyclic) bond motifs is 1. The van der Waals surface area contributed by atoms with E-state index in [4.69, 9.17) is 26.2 Å². The molecule has 0 fully saturated rings. The topological polar surface area (TPSA) is 80.7 Å². The van der Waals surface area contributed by atoms with E-state index in [1.54, 1.807) is 45.2 Å². The van der Waals surface area contributed by atoms with E-state index in [9.17, 15) is 4.79 Å². The van der Waals surface area contributed by atoms with Gasteiger partial charge in [0.1, 0.15) is 11.5 Å². The Morgan fingerprint density at radius 2 is 1.78 bits per heavy atom. The number of ether oxygens (including phenoxy) is 2. The smallest absolute Gasteiger partial charge is 0.269 e. The standard InChI is InChI=1S/C18H17ClN2O3S.CH4O/c1-18(2,24-12-6-4-11(19)5-7-12)16(22)21-17-20-14-9-8-13(23-3)10-15(14)25-17;1-2/h4-10H,1-3H3,(H,20,21,22);2H,1H3. The van der Waals surface area contributed by atoms with E-state index in [1.807, 2.05) is 18.2 Å². The van der Waals surface area contributed by atoms with Crippen LogP contribution in [0.5, 0.6) is 11.5 Å². The van der Waals surface area contributed by atoms with E-state index in [-0.39, 0.29) is 5.91 Å². The summed E-state index contributed by atoms with van der Waals surface area (Å²) in [6.45, 7) is 3.40. The molecule has 2 N–H and O–H groups in total. The molecule has 8 heteroatoms. The van der Waals surface area contributed by atoms with Crippen molar-refractivity contribution in [3.63, 3.8) is 0 Å². The van der Waals surface area contributed by atoms with Gasteiger partial charge in [0.05, 0.1) is 17.3 Å². The van der Waals surface area contributed by atoms with E-state index < -0.39 is 5.60 Å². The predicted molar refractivity (Wildman–Crippen MR) is 109 cm³/mol. The molecule has 2 aromatic carbocycles. The molecule has 0 radical (unpaired) electrons. The van der Waals surface area contributed by atoms with Gasteiger partial charge in [-0.1, -0.05) is 22.9 Å². The molecule has 0 aliphatic carbocycles. The molecule has 0 bridgehead atoms. The lowest BCUT2D eigenvalue weighted by molar-refractivity contribution is -0.128. The molecule has 6 nitrogen and oxygen atoms in total. The highest BCUT2D eigenvalue weighted by molar-refractivity contribution is 7.22. The zero-order valence-corrected chi connectivity index (χ0v) is 17.0. The summed E-state index contributed by atoms with van der Waals surface area (Å²) in [6.07, 6.45) is 0. The predicted octanol–water partition coefficient (Wildman–Crippen LogP) is 4.36. The van der Waals surface area contributed by atoms with Crippen LogP contribution in [0.3, 0.4) is 0 Å². The van der Waals surface area contributed by atoms with Crippen LogP contribution in [0.15, 0.2) is 42.5 Å². The van der Waals surface area contributed by atoms with Crippen molar-refractivity contribution in [3.8, 4) is 11.5 Å². The van der Waals surface area contributed by atoms with Crippen LogP contribution in [0.2, 0.25) is 5.02 Å². The fourth-order valence-corrected chi connectivity index (χ4v) is 3.19. The summed E-state index contributed by atoms with van der Waals surface area (Å²) in [7, 11) is 2.61. The van der Waals surface area contributed by atoms with Gasteiger partial charge in [-0.15, -0.1) is 0 Å². The Morgan fingerprint density at radius 1 is 1.15 bits per heavy atom. The number of thiazole rings is 1. The van der Waals surface area contributed by atoms with E-state index in [0.29, 0.717) is 15.9 Å². The van der Waals surface area contributed by atoms with Gasteiger partial charge in [0, 0.05) is 12.1 Å². The number of methoxy groups -OCH3 is 1. The summed E-state index contributed by atoms with van der Waals surface area (Å²) in [5.41, 5.74) is -0.263. The summed E-state index contributed by atoms with van der Waals surface area (Å²) < 4.78 is 11.9. The molecule has 0 aliphatic heterocycles. The number of carbonyl (C=O) groups excluding carboxylic acids is 1. The number of hydrogen-bond donors (Lipinski definition) is 2. The number of nitrogens with zero attached hydrogens (tertiary/aromatic N) is 1. The van der Waals surface area contributed by atoms with Gasteiger partial charge in [-0.05, 0) is 56.3 Å². The fourth-order valence-electron chi connectivity index (χ4n) is 2.18. The Kier molecular flexibility index (Phi) is 7.01. The van der Waals surface area contributed by atoms with Crippen molar-refractivity contribution in [1.29, 1.82) is 0 Å². The van der Waals surface area contributed by atoms with Gasteiger partial charge in [0.25, 0.3) is 5.91 Å². The highest BCUT2D eigenvalue weighted by Crippen LogP contribution is 2.30. The lowest BCUT2D eigenvalue weighted by Crippen LogP contribution is -2.42. The molecule has 1 amide bonds. The molecular formula is C19H21ClN2O4S. The maximum absolute atomic E-state index is 12.6. The molecule has 144 valence electrons. The SMILES string of the molecule is CO.COc1ccc2nc(NC(=O)C(C)(C)Oc3ccc(Cl)cc3)sc2c1. The third-order valence-corrected chi connectivity index (χ3v) is 4.74. The first-order chi connectivity index (χ1) is 12.9. The Labute approximate surface area is 166 Å². The second-order valence-electron chi connectivity index (χ2n) is 5.87. The molecule has 3 aromatic rings. The van der Waals surface area contributed by atoms with Crippen molar-refractivity contribution in [2.45, 2.75) is 19.4 Å². The first kappa shape index (κ1) is 21.0. The van der Waals surface area contributed by atoms with E-state index in [0.717, 1.165) is 23.1 Å². The van der Waals surface area contributed by atoms with Crippen LogP contribution >= 0.6 is 22.9 Å². The monoisotopic (exact) mass is 408 g/mol. The van der Waals surface area contributed by atoms with Gasteiger partial charge in [0.15, 0.2) is 10.7 Å². The Morgan fingerprint density at radius 3 is 2.41 bits per heavy atom. The third kappa shape index (κ3) is 5.32. The van der Waals surface area contributed by atoms with Crippen molar-refractivity contribution in [1.82, 2.24) is 4.98 Å². The summed E-state index contributed by atoms with van der Waals surface area (Å²) in [5.74, 6) is 1.03. The highest BCUT2D eigenvalue weighted by atomic mass is 35.5. The minimum atomic E-state index is -1.07. The highest BCUT2D eigenvalue weighted by Gasteiger charge is 2.30. The van der Waals surface area contributed by atoms with Gasteiger partial charge in [-0.2, -0.15) is 0 Å². The number of benzene rings is 2. The number of rotatable bonds is 5. The average molecular weight is 409 g/mol. The lowest BCUT2D eigenvalue weighted by atomic mass is 10.1. The first-order valence-electron chi connectivity index (χ1n) is 8.03. The number of halogens is 1. The third-order valence-electron chi connectivity index (χ3n) is 3.55. The Hall–Kier alpha value is -2.35. The van der Waals surface area contributed by atoms with Crippen LogP contribution < -0.4 is 14.8 Å². The second-order valence-corrected chi connectivity index (χ2v) is 7.34. The average Bonchev–Trinajstić information content (AvgIpc) is 3.06. The van der Waals surface area contributed by atoms with Crippen LogP contribution in [0.25, 0.3) is 10.2 Å². The molecule has 3 rings (SSSR count). The summed E-state index contributed by atoms with van der Waals surface area (Å²) >= 11 is 7.25. The maximum atomic E-state index is 12.6. The number of nitrogens with one attached hydrogen (secondary N) is 1. The number of aliphatic hydroxyl groups excluding tert-OH is 1. The van der Waals surface area contributed by atoms with Gasteiger partial charge in [-0.3, -0.25) is 10.1 Å². The quantitative estimate of drug-likeness (QED) is 0.655. The Bertz CT molecular complexity index is 910. The van der Waals surface area contributed by atoms with E-state index >= 15 is 0 Å². The van der Waals surface area contributed by atoms with Gasteiger partial charge < -0.3 is 14.6 Å². The van der Waals surface area contributed by atoms with Crippen molar-refractivity contribution < 1.29 is 19.4 Å². The van der Waals surface area contributed by atoms with Gasteiger partial charge in [-0.25, -0.2) is 4.98 Å². The fraction of sp³-hybridized carbons (Fsp3) is 0.263. The van der Waals surface area contributed by atoms with Crippen LogP contribution in [-0.2, 0) is 4.79 Å². The summed E-state index contributed by atoms with van der Waals surface area (Å²) in [6, 6.07) is 12.5. The maximum Gasteiger partial charge on any atom is 0.269 e. The minimum Gasteiger partial charge on any atom is -0.497 e. The number of aliphatic hydroxyl groups is 1. The van der Waals surface area contributed by atoms with Gasteiger partial charge in [0.2, 0.25) is 0 Å². The van der Waals surface area contributed by atoms with E-state index in [2.05, 4.69) is 10.3 Å². The Balaban J connectivity index is 0.00000126. The van der Waals surface area contributed by atoms with Crippen LogP contribution in [0.4, 0.5) is 5.13 Å². The molecule has 1 heterocycles. The molecule has 0 atom stereocenters. The number of aromatic nitrogens is 1. The van der Waals surface area contributed by atoms with Gasteiger partial charge >= 0.3 is 0 Å². The summed E-state index contributed by atoms with van der Waals surface area (Å²) in [4.78, 5) is 17.0. The molecule has 0 aliphatic rings. The minimum absolute atomic E-state index is 0.284. The molecule has 27 heavy (non-hydrogen) atoms. The van der Waals surface area contributed by atoms with Crippen LogP contribution in [-0.4, -0.2) is 35.8 Å². The normalized spacial score (nSPS) is 10.7. The molecule has 1 aromatic heterocycles. The van der Waals surface area contributed by atoms with E-state index in [1.165, 1.54) is 11.3 Å². The van der Waals surface area contributed by atoms with Crippen molar-refractivity contribution in [2.75, 3.05) is 19.5 Å². The zero-order chi connectivity index (χ0) is 20.0. The van der Waals surface area contributed by atoms with Crippen molar-refractivity contribution in [3.05, 3.63) is 47.5 Å². The molecule has 0 saturated heterocycles. The summed E-state index contributed by atoms with van der Waals surface area (Å²) in [5, 5.41) is 10.9. The number of hydrogen-bond acceptors (Lipinski definition) is 6. The van der Waals surface area contributed by atoms with Crippen molar-refractivity contribution in [2.24, 2.45) is 0 Å². The largest absolute Gasteiger partial charge is 0.497 e. The number of amides is 1. The lowest BCUT2D eigenvalue weighted by Gasteiger charge is -2.24. The molecular weight excluding hydrogens is 388 g/mol. The number of carbonyl (C=O) groups is 1. The molecule has 0 unspecified atom stereocenters. The van der Waals surface area contributed by atoms with Crippen LogP contribution in [0.1, 0.15) is 13.8 Å². The molecule has 0 spiro atoms. The number of anilines is 1.